The number of imide groups is 1. The Bertz CT molecular complexity index is 1070. The highest BCUT2D eigenvalue weighted by Gasteiger charge is 2.64. The normalized spacial score (nSPS) is 29.4. The van der Waals surface area contributed by atoms with Gasteiger partial charge in [-0.1, -0.05) is 30.3 Å². The second-order valence-corrected chi connectivity index (χ2v) is 8.22. The molecule has 2 aromatic carbocycles. The monoisotopic (exact) mass is 404 g/mol. The van der Waals surface area contributed by atoms with E-state index >= 15 is 0 Å². The standard InChI is InChI=1S/C23H20N2O5/c26-21(13-5-2-1-3-6-13)20-19-18(15-7-4-10-24(15)20)22(27)25(23(19)28)14-8-9-16-17(11-14)30-12-29-16/h1-3,5-6,8-9,11,15,18-20H,4,7,10,12H2. The second-order valence-electron chi connectivity index (χ2n) is 8.22. The molecule has 0 spiro atoms. The molecule has 4 unspecified atom stereocenters. The fourth-order valence-corrected chi connectivity index (χ4v) is 5.57. The van der Waals surface area contributed by atoms with E-state index in [4.69, 9.17) is 9.47 Å². The zero-order valence-corrected chi connectivity index (χ0v) is 16.2. The summed E-state index contributed by atoms with van der Waals surface area (Å²) in [5.74, 6) is -0.619. The van der Waals surface area contributed by atoms with Gasteiger partial charge >= 0.3 is 0 Å². The number of rotatable bonds is 3. The summed E-state index contributed by atoms with van der Waals surface area (Å²) in [5.41, 5.74) is 1.05. The Kier molecular flexibility index (Phi) is 3.77. The summed E-state index contributed by atoms with van der Waals surface area (Å²) >= 11 is 0. The third kappa shape index (κ3) is 2.32. The SMILES string of the molecule is O=C(c1ccccc1)C1C2C(=O)N(c3ccc4c(c3)OCO4)C(=O)C2C2CCCN21. The lowest BCUT2D eigenvalue weighted by molar-refractivity contribution is -0.123. The number of ketones is 1. The number of carbonyl (C=O) groups is 3. The highest BCUT2D eigenvalue weighted by Crippen LogP contribution is 2.49. The molecule has 3 saturated heterocycles. The number of carbonyl (C=O) groups excluding carboxylic acids is 3. The number of nitrogens with zero attached hydrogens (tertiary/aromatic N) is 2. The van der Waals surface area contributed by atoms with Crippen LogP contribution in [0.4, 0.5) is 5.69 Å². The zero-order chi connectivity index (χ0) is 20.4. The minimum atomic E-state index is -0.652. The molecule has 6 rings (SSSR count). The summed E-state index contributed by atoms with van der Waals surface area (Å²) in [7, 11) is 0. The lowest BCUT2D eigenvalue weighted by atomic mass is 9.85. The van der Waals surface area contributed by atoms with Gasteiger partial charge in [0.25, 0.3) is 0 Å². The van der Waals surface area contributed by atoms with Crippen LogP contribution in [0.15, 0.2) is 48.5 Å². The molecule has 2 aromatic rings. The van der Waals surface area contributed by atoms with E-state index in [1.54, 1.807) is 30.3 Å². The number of fused-ring (bicyclic) bond motifs is 4. The molecular weight excluding hydrogens is 384 g/mol. The summed E-state index contributed by atoms with van der Waals surface area (Å²) < 4.78 is 10.8. The first kappa shape index (κ1) is 17.7. The van der Waals surface area contributed by atoms with E-state index in [0.29, 0.717) is 22.7 Å². The molecule has 4 heterocycles. The zero-order valence-electron chi connectivity index (χ0n) is 16.2. The van der Waals surface area contributed by atoms with Crippen LogP contribution in [0, 0.1) is 11.8 Å². The third-order valence-electron chi connectivity index (χ3n) is 6.79. The number of hydrogen-bond donors (Lipinski definition) is 0. The number of hydrogen-bond acceptors (Lipinski definition) is 6. The highest BCUT2D eigenvalue weighted by molar-refractivity contribution is 6.24. The average molecular weight is 404 g/mol. The van der Waals surface area contributed by atoms with E-state index in [9.17, 15) is 14.4 Å². The molecule has 0 saturated carbocycles. The number of anilines is 1. The molecule has 4 aliphatic rings. The van der Waals surface area contributed by atoms with Crippen LogP contribution >= 0.6 is 0 Å². The van der Waals surface area contributed by atoms with Crippen molar-refractivity contribution in [2.45, 2.75) is 24.9 Å². The molecule has 0 bridgehead atoms. The molecule has 2 amide bonds. The van der Waals surface area contributed by atoms with E-state index in [2.05, 4.69) is 4.90 Å². The topological polar surface area (TPSA) is 76.1 Å². The molecule has 7 heteroatoms. The van der Waals surface area contributed by atoms with Gasteiger partial charge in [-0.15, -0.1) is 0 Å². The fourth-order valence-electron chi connectivity index (χ4n) is 5.57. The molecule has 7 nitrogen and oxygen atoms in total. The third-order valence-corrected chi connectivity index (χ3v) is 6.79. The highest BCUT2D eigenvalue weighted by atomic mass is 16.7. The smallest absolute Gasteiger partial charge is 0.239 e. The second kappa shape index (κ2) is 6.40. The Morgan fingerprint density at radius 1 is 0.933 bits per heavy atom. The van der Waals surface area contributed by atoms with Gasteiger partial charge in [0.1, 0.15) is 0 Å². The van der Waals surface area contributed by atoms with Crippen molar-refractivity contribution in [1.82, 2.24) is 4.90 Å². The number of ether oxygens (including phenoxy) is 2. The predicted molar refractivity (Wildman–Crippen MR) is 106 cm³/mol. The first-order valence-corrected chi connectivity index (χ1v) is 10.3. The van der Waals surface area contributed by atoms with Crippen LogP contribution in [-0.4, -0.2) is 47.9 Å². The molecular formula is C23H20N2O5. The summed E-state index contributed by atoms with van der Waals surface area (Å²) in [6, 6.07) is 13.5. The molecule has 152 valence electrons. The van der Waals surface area contributed by atoms with E-state index in [1.165, 1.54) is 4.90 Å². The van der Waals surface area contributed by atoms with Crippen LogP contribution in [0.25, 0.3) is 0 Å². The molecule has 30 heavy (non-hydrogen) atoms. The van der Waals surface area contributed by atoms with Gasteiger partial charge in [-0.2, -0.15) is 0 Å². The first-order valence-electron chi connectivity index (χ1n) is 10.3. The summed E-state index contributed by atoms with van der Waals surface area (Å²) in [6.07, 6.45) is 1.76. The van der Waals surface area contributed by atoms with Crippen molar-refractivity contribution in [3.8, 4) is 11.5 Å². The number of Topliss-reactive ketones (excluding diaryl/α,β-unsaturated/α-hetero) is 1. The van der Waals surface area contributed by atoms with Gasteiger partial charge in [0.15, 0.2) is 17.3 Å². The molecule has 0 radical (unpaired) electrons. The molecule has 0 aliphatic carbocycles. The van der Waals surface area contributed by atoms with Crippen LogP contribution in [0.5, 0.6) is 11.5 Å². The number of benzene rings is 2. The van der Waals surface area contributed by atoms with Gasteiger partial charge in [-0.25, -0.2) is 4.90 Å². The maximum atomic E-state index is 13.5. The maximum absolute atomic E-state index is 13.5. The van der Waals surface area contributed by atoms with Crippen molar-refractivity contribution in [2.24, 2.45) is 11.8 Å². The van der Waals surface area contributed by atoms with E-state index < -0.39 is 17.9 Å². The fraction of sp³-hybridized carbons (Fsp3) is 0.348. The van der Waals surface area contributed by atoms with Crippen molar-refractivity contribution in [3.63, 3.8) is 0 Å². The average Bonchev–Trinajstić information content (AvgIpc) is 3.51. The molecule has 0 aromatic heterocycles. The van der Waals surface area contributed by atoms with Gasteiger partial charge in [0.05, 0.1) is 23.6 Å². The molecule has 4 atom stereocenters. The van der Waals surface area contributed by atoms with Gasteiger partial charge in [0.2, 0.25) is 18.6 Å². The van der Waals surface area contributed by atoms with Crippen molar-refractivity contribution in [3.05, 3.63) is 54.1 Å². The van der Waals surface area contributed by atoms with Crippen LogP contribution in [-0.2, 0) is 9.59 Å². The minimum Gasteiger partial charge on any atom is -0.454 e. The van der Waals surface area contributed by atoms with Crippen molar-refractivity contribution >= 4 is 23.3 Å². The molecule has 0 N–H and O–H groups in total. The van der Waals surface area contributed by atoms with Gasteiger partial charge in [-0.3, -0.25) is 19.3 Å². The van der Waals surface area contributed by atoms with E-state index in [1.807, 2.05) is 18.2 Å². The van der Waals surface area contributed by atoms with Crippen molar-refractivity contribution in [1.29, 1.82) is 0 Å². The summed E-state index contributed by atoms with van der Waals surface area (Å²) in [4.78, 5) is 43.7. The lowest BCUT2D eigenvalue weighted by Gasteiger charge is -2.27. The Morgan fingerprint density at radius 3 is 2.53 bits per heavy atom. The van der Waals surface area contributed by atoms with E-state index in [0.717, 1.165) is 19.4 Å². The lowest BCUT2D eigenvalue weighted by Crippen LogP contribution is -2.46. The predicted octanol–water partition coefficient (Wildman–Crippen LogP) is 2.25. The van der Waals surface area contributed by atoms with Gasteiger partial charge in [-0.05, 0) is 31.5 Å². The Balaban J connectivity index is 1.40. The van der Waals surface area contributed by atoms with Crippen LogP contribution < -0.4 is 14.4 Å². The van der Waals surface area contributed by atoms with Crippen LogP contribution in [0.1, 0.15) is 23.2 Å². The molecule has 3 fully saturated rings. The minimum absolute atomic E-state index is 0.0666. The quantitative estimate of drug-likeness (QED) is 0.577. The van der Waals surface area contributed by atoms with Crippen molar-refractivity contribution in [2.75, 3.05) is 18.2 Å². The Labute approximate surface area is 173 Å². The Morgan fingerprint density at radius 2 is 1.70 bits per heavy atom. The number of amides is 2. The van der Waals surface area contributed by atoms with Crippen LogP contribution in [0.2, 0.25) is 0 Å². The maximum Gasteiger partial charge on any atom is 0.239 e. The summed E-state index contributed by atoms with van der Waals surface area (Å²) in [5, 5.41) is 0. The molecule has 4 aliphatic heterocycles. The van der Waals surface area contributed by atoms with Gasteiger partial charge in [0, 0.05) is 17.7 Å². The Hall–Kier alpha value is -3.19. The van der Waals surface area contributed by atoms with Crippen LogP contribution in [0.3, 0.4) is 0 Å². The van der Waals surface area contributed by atoms with E-state index in [-0.39, 0.29) is 30.4 Å². The van der Waals surface area contributed by atoms with Crippen molar-refractivity contribution < 1.29 is 23.9 Å². The van der Waals surface area contributed by atoms with Gasteiger partial charge < -0.3 is 9.47 Å². The largest absolute Gasteiger partial charge is 0.454 e. The first-order chi connectivity index (χ1) is 14.6. The summed E-state index contributed by atoms with van der Waals surface area (Å²) in [6.45, 7) is 0.863.